The summed E-state index contributed by atoms with van der Waals surface area (Å²) in [6.07, 6.45) is 6.22. The predicted octanol–water partition coefficient (Wildman–Crippen LogP) is 3.82. The van der Waals surface area contributed by atoms with Crippen molar-refractivity contribution >= 4 is 23.0 Å². The van der Waals surface area contributed by atoms with E-state index >= 15 is 0 Å². The number of benzene rings is 2. The molecule has 0 aliphatic heterocycles. The molecule has 3 aromatic rings. The molecule has 5 nitrogen and oxygen atoms in total. The smallest absolute Gasteiger partial charge is 0.271 e. The maximum absolute atomic E-state index is 12.4. The van der Waals surface area contributed by atoms with Crippen molar-refractivity contribution in [1.82, 2.24) is 10.4 Å². The van der Waals surface area contributed by atoms with Gasteiger partial charge in [-0.1, -0.05) is 12.1 Å². The average molecular weight is 347 g/mol. The van der Waals surface area contributed by atoms with Crippen LogP contribution in [-0.2, 0) is 12.8 Å². The van der Waals surface area contributed by atoms with Crippen LogP contribution in [0.1, 0.15) is 40.0 Å². The summed E-state index contributed by atoms with van der Waals surface area (Å²) in [5.41, 5.74) is 7.87. The molecule has 26 heavy (non-hydrogen) atoms. The van der Waals surface area contributed by atoms with Crippen LogP contribution in [0.4, 0.5) is 0 Å². The fourth-order valence-corrected chi connectivity index (χ4v) is 3.50. The standard InChI is InChI=1S/C21H21N3O2/c1-26-16-6-4-5-14(11-16)13-22-24-21(25)15-9-10-20-18(12-15)17-7-2-3-8-19(17)23-20/h4-6,9-13,23H,2-3,7-8H2,1H3,(H,24,25)/b22-13+. The Bertz CT molecular complexity index is 988. The van der Waals surface area contributed by atoms with Gasteiger partial charge in [-0.3, -0.25) is 4.79 Å². The SMILES string of the molecule is COc1cccc(/C=N/NC(=O)c2ccc3[nH]c4c(c3c2)CCCC4)c1. The van der Waals surface area contributed by atoms with Crippen molar-refractivity contribution in [3.8, 4) is 5.75 Å². The van der Waals surface area contributed by atoms with Crippen molar-refractivity contribution in [2.24, 2.45) is 5.10 Å². The average Bonchev–Trinajstić information content (AvgIpc) is 3.06. The summed E-state index contributed by atoms with van der Waals surface area (Å²) in [6, 6.07) is 13.3. The monoisotopic (exact) mass is 347 g/mol. The Kier molecular flexibility index (Phi) is 4.44. The fourth-order valence-electron chi connectivity index (χ4n) is 3.50. The van der Waals surface area contributed by atoms with Gasteiger partial charge in [0.1, 0.15) is 5.75 Å². The zero-order valence-electron chi connectivity index (χ0n) is 14.7. The number of aromatic amines is 1. The van der Waals surface area contributed by atoms with E-state index in [4.69, 9.17) is 4.74 Å². The molecule has 0 atom stereocenters. The lowest BCUT2D eigenvalue weighted by molar-refractivity contribution is 0.0955. The van der Waals surface area contributed by atoms with Gasteiger partial charge in [-0.25, -0.2) is 5.43 Å². The Balaban J connectivity index is 1.51. The molecule has 4 rings (SSSR count). The number of nitrogens with one attached hydrogen (secondary N) is 2. The highest BCUT2D eigenvalue weighted by molar-refractivity contribution is 5.99. The number of carbonyl (C=O) groups excluding carboxylic acids is 1. The van der Waals surface area contributed by atoms with Gasteiger partial charge in [0.2, 0.25) is 0 Å². The van der Waals surface area contributed by atoms with Crippen molar-refractivity contribution < 1.29 is 9.53 Å². The van der Waals surface area contributed by atoms with E-state index in [2.05, 4.69) is 15.5 Å². The molecule has 0 spiro atoms. The third kappa shape index (κ3) is 3.20. The van der Waals surface area contributed by atoms with Crippen molar-refractivity contribution in [1.29, 1.82) is 0 Å². The summed E-state index contributed by atoms with van der Waals surface area (Å²) < 4.78 is 5.18. The first-order chi connectivity index (χ1) is 12.7. The third-order valence-corrected chi connectivity index (χ3v) is 4.83. The van der Waals surface area contributed by atoms with Gasteiger partial charge in [0.15, 0.2) is 0 Å². The Morgan fingerprint density at radius 3 is 2.96 bits per heavy atom. The number of ether oxygens (including phenoxy) is 1. The molecule has 2 aromatic carbocycles. The number of methoxy groups -OCH3 is 1. The van der Waals surface area contributed by atoms with Crippen LogP contribution in [0.15, 0.2) is 47.6 Å². The second kappa shape index (κ2) is 7.04. The van der Waals surface area contributed by atoms with E-state index in [-0.39, 0.29) is 5.91 Å². The lowest BCUT2D eigenvalue weighted by Crippen LogP contribution is -2.17. The molecule has 0 radical (unpaired) electrons. The molecular weight excluding hydrogens is 326 g/mol. The molecule has 0 saturated heterocycles. The van der Waals surface area contributed by atoms with E-state index in [1.165, 1.54) is 24.1 Å². The first-order valence-electron chi connectivity index (χ1n) is 8.85. The van der Waals surface area contributed by atoms with E-state index in [0.29, 0.717) is 5.56 Å². The van der Waals surface area contributed by atoms with Crippen LogP contribution in [0.25, 0.3) is 10.9 Å². The summed E-state index contributed by atoms with van der Waals surface area (Å²) >= 11 is 0. The zero-order valence-corrected chi connectivity index (χ0v) is 14.7. The van der Waals surface area contributed by atoms with Crippen LogP contribution in [0.2, 0.25) is 0 Å². The highest BCUT2D eigenvalue weighted by Gasteiger charge is 2.16. The summed E-state index contributed by atoms with van der Waals surface area (Å²) in [5, 5.41) is 5.22. The second-order valence-corrected chi connectivity index (χ2v) is 6.53. The third-order valence-electron chi connectivity index (χ3n) is 4.83. The largest absolute Gasteiger partial charge is 0.497 e. The lowest BCUT2D eigenvalue weighted by atomic mass is 9.95. The van der Waals surface area contributed by atoms with Crippen molar-refractivity contribution in [2.75, 3.05) is 7.11 Å². The van der Waals surface area contributed by atoms with Crippen molar-refractivity contribution in [3.63, 3.8) is 0 Å². The Labute approximate surface area is 152 Å². The topological polar surface area (TPSA) is 66.5 Å². The van der Waals surface area contributed by atoms with Gasteiger partial charge in [-0.05, 0) is 67.1 Å². The number of hydrogen-bond donors (Lipinski definition) is 2. The highest BCUT2D eigenvalue weighted by Crippen LogP contribution is 2.29. The number of H-pyrrole nitrogens is 1. The molecule has 0 bridgehead atoms. The quantitative estimate of drug-likeness (QED) is 0.556. The molecule has 0 unspecified atom stereocenters. The minimum atomic E-state index is -0.211. The number of hydrogen-bond acceptors (Lipinski definition) is 3. The summed E-state index contributed by atoms with van der Waals surface area (Å²) in [4.78, 5) is 15.9. The maximum Gasteiger partial charge on any atom is 0.271 e. The van der Waals surface area contributed by atoms with Gasteiger partial charge in [-0.15, -0.1) is 0 Å². The minimum Gasteiger partial charge on any atom is -0.497 e. The number of aromatic nitrogens is 1. The second-order valence-electron chi connectivity index (χ2n) is 6.53. The molecule has 1 amide bonds. The van der Waals surface area contributed by atoms with Gasteiger partial charge in [-0.2, -0.15) is 5.10 Å². The molecular formula is C21H21N3O2. The first kappa shape index (κ1) is 16.4. The molecule has 5 heteroatoms. The fraction of sp³-hybridized carbons (Fsp3) is 0.238. The van der Waals surface area contributed by atoms with E-state index in [1.54, 1.807) is 13.3 Å². The van der Waals surface area contributed by atoms with Crippen LogP contribution in [0.3, 0.4) is 0 Å². The first-order valence-corrected chi connectivity index (χ1v) is 8.85. The van der Waals surface area contributed by atoms with Crippen LogP contribution < -0.4 is 10.2 Å². The number of rotatable bonds is 4. The number of carbonyl (C=O) groups is 1. The van der Waals surface area contributed by atoms with Gasteiger partial charge < -0.3 is 9.72 Å². The molecule has 1 aliphatic rings. The molecule has 1 aliphatic carbocycles. The lowest BCUT2D eigenvalue weighted by Gasteiger charge is -2.10. The van der Waals surface area contributed by atoms with E-state index in [0.717, 1.165) is 35.1 Å². The highest BCUT2D eigenvalue weighted by atomic mass is 16.5. The number of amides is 1. The van der Waals surface area contributed by atoms with Crippen molar-refractivity contribution in [3.05, 3.63) is 64.8 Å². The Morgan fingerprint density at radius 2 is 2.08 bits per heavy atom. The molecule has 0 saturated carbocycles. The molecule has 132 valence electrons. The molecule has 0 fully saturated rings. The minimum absolute atomic E-state index is 0.211. The number of aryl methyl sites for hydroxylation is 2. The number of nitrogens with zero attached hydrogens (tertiary/aromatic N) is 1. The molecule has 1 heterocycles. The maximum atomic E-state index is 12.4. The molecule has 2 N–H and O–H groups in total. The Hall–Kier alpha value is -3.08. The van der Waals surface area contributed by atoms with Crippen molar-refractivity contribution in [2.45, 2.75) is 25.7 Å². The normalized spacial score (nSPS) is 13.7. The van der Waals surface area contributed by atoms with Gasteiger partial charge >= 0.3 is 0 Å². The van der Waals surface area contributed by atoms with Crippen LogP contribution in [0, 0.1) is 0 Å². The van der Waals surface area contributed by atoms with Gasteiger partial charge in [0.05, 0.1) is 13.3 Å². The van der Waals surface area contributed by atoms with E-state index in [1.807, 2.05) is 42.5 Å². The zero-order chi connectivity index (χ0) is 17.9. The van der Waals surface area contributed by atoms with Crippen LogP contribution in [-0.4, -0.2) is 24.2 Å². The van der Waals surface area contributed by atoms with E-state index < -0.39 is 0 Å². The van der Waals surface area contributed by atoms with Crippen LogP contribution in [0.5, 0.6) is 5.75 Å². The number of fused-ring (bicyclic) bond motifs is 3. The van der Waals surface area contributed by atoms with Gasteiger partial charge in [0, 0.05) is 22.2 Å². The van der Waals surface area contributed by atoms with E-state index in [9.17, 15) is 4.79 Å². The summed E-state index contributed by atoms with van der Waals surface area (Å²) in [7, 11) is 1.62. The summed E-state index contributed by atoms with van der Waals surface area (Å²) in [5.74, 6) is 0.541. The summed E-state index contributed by atoms with van der Waals surface area (Å²) in [6.45, 7) is 0. The van der Waals surface area contributed by atoms with Gasteiger partial charge in [0.25, 0.3) is 5.91 Å². The Morgan fingerprint density at radius 1 is 1.19 bits per heavy atom. The number of hydrazone groups is 1. The molecule has 1 aromatic heterocycles. The predicted molar refractivity (Wildman–Crippen MR) is 103 cm³/mol. The van der Waals surface area contributed by atoms with Crippen LogP contribution >= 0.6 is 0 Å².